The maximum absolute atomic E-state index is 12.4. The first-order valence-corrected chi connectivity index (χ1v) is 8.94. The molecule has 1 aliphatic rings. The van der Waals surface area contributed by atoms with E-state index in [-0.39, 0.29) is 18.1 Å². The molecule has 0 saturated carbocycles. The topological polar surface area (TPSA) is 86.5 Å². The number of hydrogen-bond donors (Lipinski definition) is 0. The van der Waals surface area contributed by atoms with Crippen molar-refractivity contribution in [1.82, 2.24) is 19.4 Å². The summed E-state index contributed by atoms with van der Waals surface area (Å²) >= 11 is 0. The van der Waals surface area contributed by atoms with Gasteiger partial charge in [0.1, 0.15) is 23.8 Å². The van der Waals surface area contributed by atoms with Crippen LogP contribution in [0.3, 0.4) is 0 Å². The molecular formula is C19H24N4O4. The first-order chi connectivity index (χ1) is 12.8. The number of likely N-dealkylation sites (tertiary alicyclic amines) is 1. The molecule has 1 aliphatic heterocycles. The third kappa shape index (κ3) is 5.06. The number of ether oxygens (including phenoxy) is 2. The summed E-state index contributed by atoms with van der Waals surface area (Å²) in [6.45, 7) is 6.62. The molecule has 0 spiro atoms. The van der Waals surface area contributed by atoms with Gasteiger partial charge in [0.2, 0.25) is 0 Å². The van der Waals surface area contributed by atoms with Crippen molar-refractivity contribution in [2.45, 2.75) is 45.3 Å². The lowest BCUT2D eigenvalue weighted by molar-refractivity contribution is 0.00772. The van der Waals surface area contributed by atoms with Gasteiger partial charge in [0.05, 0.1) is 18.3 Å². The van der Waals surface area contributed by atoms with Crippen LogP contribution in [0.5, 0.6) is 5.75 Å². The number of hydrogen-bond acceptors (Lipinski definition) is 6. The molecule has 0 bridgehead atoms. The van der Waals surface area contributed by atoms with E-state index in [0.717, 1.165) is 12.8 Å². The highest BCUT2D eigenvalue weighted by atomic mass is 16.6. The highest BCUT2D eigenvalue weighted by Crippen LogP contribution is 2.21. The molecule has 2 aromatic heterocycles. The Morgan fingerprint density at radius 1 is 1.22 bits per heavy atom. The predicted octanol–water partition coefficient (Wildman–Crippen LogP) is 2.74. The predicted molar refractivity (Wildman–Crippen MR) is 97.6 cm³/mol. The molecule has 0 unspecified atom stereocenters. The highest BCUT2D eigenvalue weighted by Gasteiger charge is 2.28. The van der Waals surface area contributed by atoms with Gasteiger partial charge in [-0.3, -0.25) is 14.3 Å². The van der Waals surface area contributed by atoms with Crippen LogP contribution >= 0.6 is 0 Å². The maximum Gasteiger partial charge on any atom is 0.410 e. The molecule has 1 amide bonds. The summed E-state index contributed by atoms with van der Waals surface area (Å²) in [6.07, 6.45) is 8.75. The van der Waals surface area contributed by atoms with E-state index in [0.29, 0.717) is 24.4 Å². The molecular weight excluding hydrogens is 348 g/mol. The van der Waals surface area contributed by atoms with E-state index >= 15 is 0 Å². The van der Waals surface area contributed by atoms with Crippen LogP contribution in [0.4, 0.5) is 4.79 Å². The summed E-state index contributed by atoms with van der Waals surface area (Å²) in [5.41, 5.74) is -0.123. The van der Waals surface area contributed by atoms with Gasteiger partial charge in [-0.1, -0.05) is 0 Å². The molecule has 1 atom stereocenters. The van der Waals surface area contributed by atoms with Crippen molar-refractivity contribution in [3.63, 3.8) is 0 Å². The minimum atomic E-state index is -0.531. The van der Waals surface area contributed by atoms with E-state index in [9.17, 15) is 9.59 Å². The fraction of sp³-hybridized carbons (Fsp3) is 0.474. The van der Waals surface area contributed by atoms with Crippen LogP contribution in [0.1, 0.15) is 44.0 Å². The van der Waals surface area contributed by atoms with E-state index in [1.807, 2.05) is 20.8 Å². The number of imidazole rings is 1. The lowest BCUT2D eigenvalue weighted by Gasteiger charge is -2.34. The second-order valence-electron chi connectivity index (χ2n) is 7.49. The summed E-state index contributed by atoms with van der Waals surface area (Å²) in [5.74, 6) is 0.265. The molecule has 8 nitrogen and oxygen atoms in total. The molecule has 0 aromatic carbocycles. The maximum atomic E-state index is 12.4. The number of piperidine rings is 1. The second-order valence-corrected chi connectivity index (χ2v) is 7.49. The van der Waals surface area contributed by atoms with Crippen molar-refractivity contribution >= 4 is 12.0 Å². The Bertz CT molecular complexity index is 798. The monoisotopic (exact) mass is 372 g/mol. The number of nitrogens with zero attached hydrogens (tertiary/aromatic N) is 4. The van der Waals surface area contributed by atoms with E-state index in [1.54, 1.807) is 29.6 Å². The molecule has 1 saturated heterocycles. The van der Waals surface area contributed by atoms with Gasteiger partial charge in [0, 0.05) is 25.1 Å². The smallest absolute Gasteiger partial charge is 0.410 e. The fourth-order valence-corrected chi connectivity index (χ4v) is 2.85. The molecule has 0 radical (unpaired) electrons. The first kappa shape index (κ1) is 18.9. The Hall–Kier alpha value is -2.90. The van der Waals surface area contributed by atoms with Crippen molar-refractivity contribution < 1.29 is 19.1 Å². The van der Waals surface area contributed by atoms with Crippen LogP contribution in [0, 0.1) is 0 Å². The second kappa shape index (κ2) is 7.77. The number of amides is 1. The Morgan fingerprint density at radius 2 is 2.04 bits per heavy atom. The molecule has 0 aliphatic carbocycles. The molecule has 1 fully saturated rings. The molecule has 3 rings (SSSR count). The molecule has 3 heterocycles. The standard InChI is InChI=1S/C19H24N4O4/c1-19(2,3)27-18(25)22-7-4-5-15(12-22)26-16-9-14(10-21-11-16)17(24)23-8-6-20-13-23/h6,8-11,13,15H,4-5,7,12H2,1-3H3/t15-/m1/s1. The van der Waals surface area contributed by atoms with Gasteiger partial charge in [0.25, 0.3) is 5.91 Å². The quantitative estimate of drug-likeness (QED) is 0.823. The Balaban J connectivity index is 1.64. The SMILES string of the molecule is CC(C)(C)OC(=O)N1CCC[C@@H](Oc2cncc(C(=O)n3ccnc3)c2)C1. The van der Waals surface area contributed by atoms with Gasteiger partial charge in [0.15, 0.2) is 0 Å². The van der Waals surface area contributed by atoms with Crippen molar-refractivity contribution in [2.24, 2.45) is 0 Å². The summed E-state index contributed by atoms with van der Waals surface area (Å²) in [5, 5.41) is 0. The van der Waals surface area contributed by atoms with Crippen LogP contribution in [-0.2, 0) is 4.74 Å². The molecule has 27 heavy (non-hydrogen) atoms. The molecule has 2 aromatic rings. The fourth-order valence-electron chi connectivity index (χ4n) is 2.85. The highest BCUT2D eigenvalue weighted by molar-refractivity contribution is 5.95. The van der Waals surface area contributed by atoms with Gasteiger partial charge < -0.3 is 14.4 Å². The summed E-state index contributed by atoms with van der Waals surface area (Å²) in [6, 6.07) is 1.65. The van der Waals surface area contributed by atoms with E-state index in [2.05, 4.69) is 9.97 Å². The molecule has 144 valence electrons. The Morgan fingerprint density at radius 3 is 2.74 bits per heavy atom. The Kier molecular flexibility index (Phi) is 5.43. The van der Waals surface area contributed by atoms with Crippen molar-refractivity contribution in [1.29, 1.82) is 0 Å². The molecule has 8 heteroatoms. The van der Waals surface area contributed by atoms with E-state index < -0.39 is 5.60 Å². The van der Waals surface area contributed by atoms with Crippen molar-refractivity contribution in [2.75, 3.05) is 13.1 Å². The van der Waals surface area contributed by atoms with Gasteiger partial charge >= 0.3 is 6.09 Å². The number of carbonyl (C=O) groups is 2. The van der Waals surface area contributed by atoms with Crippen LogP contribution in [-0.4, -0.2) is 56.2 Å². The summed E-state index contributed by atoms with van der Waals surface area (Å²) < 4.78 is 12.8. The molecule has 0 N–H and O–H groups in total. The van der Waals surface area contributed by atoms with Crippen molar-refractivity contribution in [3.05, 3.63) is 42.7 Å². The van der Waals surface area contributed by atoms with E-state index in [4.69, 9.17) is 9.47 Å². The lowest BCUT2D eigenvalue weighted by atomic mass is 10.1. The van der Waals surface area contributed by atoms with Crippen LogP contribution in [0.2, 0.25) is 0 Å². The number of carbonyl (C=O) groups excluding carboxylic acids is 2. The number of pyridine rings is 1. The average Bonchev–Trinajstić information content (AvgIpc) is 3.15. The lowest BCUT2D eigenvalue weighted by Crippen LogP contribution is -2.46. The third-order valence-electron chi connectivity index (χ3n) is 4.03. The number of aromatic nitrogens is 3. The minimum absolute atomic E-state index is 0.174. The zero-order valence-corrected chi connectivity index (χ0v) is 15.8. The Labute approximate surface area is 158 Å². The minimum Gasteiger partial charge on any atom is -0.487 e. The average molecular weight is 372 g/mol. The number of rotatable bonds is 3. The normalized spacial score (nSPS) is 17.4. The van der Waals surface area contributed by atoms with Crippen LogP contribution < -0.4 is 4.74 Å². The zero-order chi connectivity index (χ0) is 19.4. The third-order valence-corrected chi connectivity index (χ3v) is 4.03. The van der Waals surface area contributed by atoms with Gasteiger partial charge in [-0.05, 0) is 39.7 Å². The van der Waals surface area contributed by atoms with Crippen LogP contribution in [0.15, 0.2) is 37.2 Å². The first-order valence-electron chi connectivity index (χ1n) is 8.94. The summed E-state index contributed by atoms with van der Waals surface area (Å²) in [7, 11) is 0. The van der Waals surface area contributed by atoms with Gasteiger partial charge in [-0.2, -0.15) is 0 Å². The largest absolute Gasteiger partial charge is 0.487 e. The van der Waals surface area contributed by atoms with E-state index in [1.165, 1.54) is 17.1 Å². The van der Waals surface area contributed by atoms with Gasteiger partial charge in [-0.15, -0.1) is 0 Å². The van der Waals surface area contributed by atoms with Crippen LogP contribution in [0.25, 0.3) is 0 Å². The van der Waals surface area contributed by atoms with Gasteiger partial charge in [-0.25, -0.2) is 9.78 Å². The summed E-state index contributed by atoms with van der Waals surface area (Å²) in [4.78, 5) is 34.3. The zero-order valence-electron chi connectivity index (χ0n) is 15.8. The van der Waals surface area contributed by atoms with Crippen molar-refractivity contribution in [3.8, 4) is 5.75 Å².